The molecule has 0 saturated carbocycles. The highest BCUT2D eigenvalue weighted by Gasteiger charge is 1.99. The van der Waals surface area contributed by atoms with Crippen LogP contribution in [0.5, 0.6) is 0 Å². The summed E-state index contributed by atoms with van der Waals surface area (Å²) in [4.78, 5) is 4.13. The summed E-state index contributed by atoms with van der Waals surface area (Å²) in [6.07, 6.45) is 2.87. The topological polar surface area (TPSA) is 24.9 Å². The zero-order chi connectivity index (χ0) is 9.68. The van der Waals surface area contributed by atoms with Crippen LogP contribution in [-0.4, -0.2) is 11.5 Å². The lowest BCUT2D eigenvalue weighted by Crippen LogP contribution is -2.06. The Morgan fingerprint density at radius 3 is 2.92 bits per heavy atom. The predicted octanol–water partition coefficient (Wildman–Crippen LogP) is 3.19. The monoisotopic (exact) mass is 198 g/mol. The largest absolute Gasteiger partial charge is 0.369 e. The first kappa shape index (κ1) is 10.3. The average Bonchev–Trinajstić information content (AvgIpc) is 2.08. The van der Waals surface area contributed by atoms with Gasteiger partial charge < -0.3 is 5.32 Å². The third-order valence-corrected chi connectivity index (χ3v) is 2.08. The molecule has 3 heteroatoms. The Kier molecular flexibility index (Phi) is 4.03. The highest BCUT2D eigenvalue weighted by Crippen LogP contribution is 2.17. The van der Waals surface area contributed by atoms with Gasteiger partial charge in [-0.2, -0.15) is 0 Å². The minimum absolute atomic E-state index is 0.686. The number of nitrogens with one attached hydrogen (secondary N) is 1. The first-order valence-electron chi connectivity index (χ1n) is 4.54. The van der Waals surface area contributed by atoms with Crippen LogP contribution in [0.2, 0.25) is 5.02 Å². The van der Waals surface area contributed by atoms with Crippen molar-refractivity contribution in [2.24, 2.45) is 5.92 Å². The summed E-state index contributed by atoms with van der Waals surface area (Å²) in [5.74, 6) is 1.49. The maximum atomic E-state index is 5.91. The van der Waals surface area contributed by atoms with Gasteiger partial charge in [-0.1, -0.05) is 25.4 Å². The summed E-state index contributed by atoms with van der Waals surface area (Å²) in [5, 5.41) is 3.89. The van der Waals surface area contributed by atoms with Crippen LogP contribution < -0.4 is 5.32 Å². The number of nitrogens with zero attached hydrogens (tertiary/aromatic N) is 1. The fourth-order valence-corrected chi connectivity index (χ4v) is 1.18. The number of rotatable bonds is 4. The van der Waals surface area contributed by atoms with E-state index in [0.29, 0.717) is 10.9 Å². The summed E-state index contributed by atoms with van der Waals surface area (Å²) in [7, 11) is 0. The van der Waals surface area contributed by atoms with Crippen molar-refractivity contribution in [2.75, 3.05) is 11.9 Å². The van der Waals surface area contributed by atoms with E-state index in [1.54, 1.807) is 6.20 Å². The van der Waals surface area contributed by atoms with Gasteiger partial charge in [0.1, 0.15) is 5.82 Å². The van der Waals surface area contributed by atoms with Crippen LogP contribution in [0.3, 0.4) is 0 Å². The summed E-state index contributed by atoms with van der Waals surface area (Å²) < 4.78 is 0. The Morgan fingerprint density at radius 2 is 2.31 bits per heavy atom. The van der Waals surface area contributed by atoms with Gasteiger partial charge in [-0.25, -0.2) is 4.98 Å². The van der Waals surface area contributed by atoms with E-state index in [4.69, 9.17) is 11.6 Å². The fourth-order valence-electron chi connectivity index (χ4n) is 0.995. The Hall–Kier alpha value is -0.760. The molecule has 0 bridgehead atoms. The zero-order valence-electron chi connectivity index (χ0n) is 8.05. The second kappa shape index (κ2) is 5.07. The lowest BCUT2D eigenvalue weighted by molar-refractivity contribution is 0.606. The summed E-state index contributed by atoms with van der Waals surface area (Å²) >= 11 is 5.91. The molecule has 72 valence electrons. The van der Waals surface area contributed by atoms with E-state index in [0.717, 1.165) is 18.8 Å². The fraction of sp³-hybridized carbons (Fsp3) is 0.500. The van der Waals surface area contributed by atoms with E-state index in [1.165, 1.54) is 0 Å². The van der Waals surface area contributed by atoms with E-state index < -0.39 is 0 Å². The van der Waals surface area contributed by atoms with Crippen molar-refractivity contribution < 1.29 is 0 Å². The van der Waals surface area contributed by atoms with Crippen molar-refractivity contribution in [3.8, 4) is 0 Å². The normalized spacial score (nSPS) is 10.5. The van der Waals surface area contributed by atoms with E-state index in [2.05, 4.69) is 24.1 Å². The van der Waals surface area contributed by atoms with Crippen LogP contribution in [0.4, 0.5) is 5.82 Å². The number of halogens is 1. The third kappa shape index (κ3) is 3.64. The molecule has 0 atom stereocenters. The molecule has 0 spiro atoms. The average molecular weight is 199 g/mol. The molecule has 2 nitrogen and oxygen atoms in total. The van der Waals surface area contributed by atoms with Gasteiger partial charge in [-0.3, -0.25) is 0 Å². The molecule has 0 radical (unpaired) electrons. The van der Waals surface area contributed by atoms with E-state index in [-0.39, 0.29) is 0 Å². The van der Waals surface area contributed by atoms with Crippen LogP contribution in [0.25, 0.3) is 0 Å². The highest BCUT2D eigenvalue weighted by molar-refractivity contribution is 6.32. The molecule has 1 aromatic rings. The summed E-state index contributed by atoms with van der Waals surface area (Å²) in [6.45, 7) is 5.32. The number of aromatic nitrogens is 1. The van der Waals surface area contributed by atoms with Gasteiger partial charge in [0.25, 0.3) is 0 Å². The first-order chi connectivity index (χ1) is 6.20. The maximum Gasteiger partial charge on any atom is 0.144 e. The molecule has 0 fully saturated rings. The molecule has 1 aromatic heterocycles. The van der Waals surface area contributed by atoms with Crippen LogP contribution in [0, 0.1) is 5.92 Å². The third-order valence-electron chi connectivity index (χ3n) is 1.77. The smallest absolute Gasteiger partial charge is 0.144 e. The molecule has 0 aliphatic rings. The zero-order valence-corrected chi connectivity index (χ0v) is 8.80. The van der Waals surface area contributed by atoms with Crippen molar-refractivity contribution >= 4 is 17.4 Å². The molecule has 0 aromatic carbocycles. The Balaban J connectivity index is 2.41. The predicted molar refractivity (Wildman–Crippen MR) is 57.2 cm³/mol. The van der Waals surface area contributed by atoms with Crippen LogP contribution in [0.1, 0.15) is 20.3 Å². The van der Waals surface area contributed by atoms with Gasteiger partial charge in [0.15, 0.2) is 0 Å². The minimum Gasteiger partial charge on any atom is -0.369 e. The second-order valence-electron chi connectivity index (χ2n) is 3.44. The molecular weight excluding hydrogens is 184 g/mol. The standard InChI is InChI=1S/C10H15ClN2/c1-8(2)5-7-13-10-9(11)4-3-6-12-10/h3-4,6,8H,5,7H2,1-2H3,(H,12,13). The van der Waals surface area contributed by atoms with Crippen LogP contribution in [0.15, 0.2) is 18.3 Å². The van der Waals surface area contributed by atoms with Gasteiger partial charge in [0.05, 0.1) is 5.02 Å². The SMILES string of the molecule is CC(C)CCNc1ncccc1Cl. The molecule has 0 amide bonds. The number of hydrogen-bond donors (Lipinski definition) is 1. The lowest BCUT2D eigenvalue weighted by atomic mass is 10.1. The molecule has 0 aliphatic heterocycles. The lowest BCUT2D eigenvalue weighted by Gasteiger charge is -2.08. The number of pyridine rings is 1. The Morgan fingerprint density at radius 1 is 1.54 bits per heavy atom. The molecule has 1 heterocycles. The van der Waals surface area contributed by atoms with E-state index >= 15 is 0 Å². The Bertz CT molecular complexity index is 261. The second-order valence-corrected chi connectivity index (χ2v) is 3.85. The quantitative estimate of drug-likeness (QED) is 0.804. The van der Waals surface area contributed by atoms with E-state index in [9.17, 15) is 0 Å². The maximum absolute atomic E-state index is 5.91. The Labute approximate surface area is 84.3 Å². The molecule has 0 aliphatic carbocycles. The molecule has 1 N–H and O–H groups in total. The van der Waals surface area contributed by atoms with Crippen molar-refractivity contribution in [2.45, 2.75) is 20.3 Å². The van der Waals surface area contributed by atoms with Crippen molar-refractivity contribution in [3.63, 3.8) is 0 Å². The van der Waals surface area contributed by atoms with Crippen LogP contribution in [-0.2, 0) is 0 Å². The number of hydrogen-bond acceptors (Lipinski definition) is 2. The molecule has 0 saturated heterocycles. The minimum atomic E-state index is 0.686. The van der Waals surface area contributed by atoms with Gasteiger partial charge in [-0.15, -0.1) is 0 Å². The molecule has 0 unspecified atom stereocenters. The molecule has 13 heavy (non-hydrogen) atoms. The van der Waals surface area contributed by atoms with Gasteiger partial charge in [0.2, 0.25) is 0 Å². The summed E-state index contributed by atoms with van der Waals surface area (Å²) in [6, 6.07) is 3.67. The molecule has 1 rings (SSSR count). The first-order valence-corrected chi connectivity index (χ1v) is 4.92. The molecular formula is C10H15ClN2. The van der Waals surface area contributed by atoms with Crippen molar-refractivity contribution in [1.82, 2.24) is 4.98 Å². The summed E-state index contributed by atoms with van der Waals surface area (Å²) in [5.41, 5.74) is 0. The van der Waals surface area contributed by atoms with Gasteiger partial charge >= 0.3 is 0 Å². The van der Waals surface area contributed by atoms with Crippen LogP contribution >= 0.6 is 11.6 Å². The van der Waals surface area contributed by atoms with E-state index in [1.807, 2.05) is 12.1 Å². The highest BCUT2D eigenvalue weighted by atomic mass is 35.5. The van der Waals surface area contributed by atoms with Gasteiger partial charge in [-0.05, 0) is 24.5 Å². The van der Waals surface area contributed by atoms with Crippen molar-refractivity contribution in [1.29, 1.82) is 0 Å². The van der Waals surface area contributed by atoms with Crippen molar-refractivity contribution in [3.05, 3.63) is 23.4 Å². The van der Waals surface area contributed by atoms with Gasteiger partial charge in [0, 0.05) is 12.7 Å². The number of anilines is 1.